The Morgan fingerprint density at radius 3 is 1.41 bits per heavy atom. The summed E-state index contributed by atoms with van der Waals surface area (Å²) >= 11 is 0. The molecule has 0 fully saturated rings. The molecule has 3 N–H and O–H groups in total. The van der Waals surface area contributed by atoms with E-state index in [1.54, 1.807) is 12.4 Å². The first-order chi connectivity index (χ1) is 12.9. The van der Waals surface area contributed by atoms with Crippen LogP contribution in [0, 0.1) is 0 Å². The minimum atomic E-state index is -1.26. The highest BCUT2D eigenvalue weighted by Crippen LogP contribution is 2.20. The van der Waals surface area contributed by atoms with E-state index in [9.17, 15) is 14.4 Å². The molecular weight excluding hydrogens is 354 g/mol. The van der Waals surface area contributed by atoms with Gasteiger partial charge in [-0.15, -0.1) is 0 Å². The summed E-state index contributed by atoms with van der Waals surface area (Å²) in [6.07, 6.45) is 3.60. The van der Waals surface area contributed by atoms with Gasteiger partial charge in [0.05, 0.1) is 30.7 Å². The monoisotopic (exact) mass is 371 g/mol. The van der Waals surface area contributed by atoms with Crippen molar-refractivity contribution in [3.05, 3.63) is 48.8 Å². The van der Waals surface area contributed by atoms with Crippen molar-refractivity contribution < 1.29 is 29.7 Å². The van der Waals surface area contributed by atoms with E-state index < -0.39 is 37.5 Å². The lowest BCUT2D eigenvalue weighted by Crippen LogP contribution is -2.38. The van der Waals surface area contributed by atoms with Crippen molar-refractivity contribution >= 4 is 39.7 Å². The molecule has 0 radical (unpaired) electrons. The standard InChI is InChI=1S/C12H8N2.C6H9NO6/c1-3-9-5-6-10-4-2-8-14-12(10)11(9)13-7-1;8-4(9)1-7(2-5(10)11)3-6(12)13/h1-8H;1-3H2,(H,8,9)(H,10,11)(H,12,13). The fraction of sp³-hybridized carbons (Fsp3) is 0.167. The number of aromatic nitrogens is 2. The Morgan fingerprint density at radius 2 is 1.07 bits per heavy atom. The van der Waals surface area contributed by atoms with Crippen molar-refractivity contribution in [2.75, 3.05) is 19.6 Å². The molecule has 0 spiro atoms. The average molecular weight is 371 g/mol. The molecule has 0 bridgehead atoms. The summed E-state index contributed by atoms with van der Waals surface area (Å²) in [6.45, 7) is -1.80. The molecule has 9 heteroatoms. The molecule has 0 aliphatic heterocycles. The van der Waals surface area contributed by atoms with Gasteiger partial charge in [0.15, 0.2) is 0 Å². The third-order valence-corrected chi connectivity index (χ3v) is 3.42. The zero-order valence-corrected chi connectivity index (χ0v) is 14.1. The number of carboxylic acids is 3. The van der Waals surface area contributed by atoms with E-state index in [-0.39, 0.29) is 0 Å². The molecule has 0 saturated heterocycles. The van der Waals surface area contributed by atoms with E-state index in [0.29, 0.717) is 0 Å². The highest BCUT2D eigenvalue weighted by Gasteiger charge is 2.15. The predicted octanol–water partition coefficient (Wildman–Crippen LogP) is 1.33. The zero-order valence-electron chi connectivity index (χ0n) is 14.1. The van der Waals surface area contributed by atoms with E-state index in [4.69, 9.17) is 15.3 Å². The number of carboxylic acid groups (broad SMARTS) is 3. The van der Waals surface area contributed by atoms with Crippen LogP contribution in [0.15, 0.2) is 48.8 Å². The van der Waals surface area contributed by atoms with Crippen LogP contribution in [0.1, 0.15) is 0 Å². The molecule has 140 valence electrons. The maximum absolute atomic E-state index is 10.1. The summed E-state index contributed by atoms with van der Waals surface area (Å²) in [5.41, 5.74) is 1.95. The number of carbonyl (C=O) groups is 3. The second kappa shape index (κ2) is 9.20. The average Bonchev–Trinajstić information content (AvgIpc) is 2.60. The summed E-state index contributed by atoms with van der Waals surface area (Å²) in [6, 6.07) is 12.1. The molecule has 0 aliphatic carbocycles. The molecular formula is C18H17N3O6. The van der Waals surface area contributed by atoms with Gasteiger partial charge in [0.25, 0.3) is 0 Å². The third kappa shape index (κ3) is 6.01. The van der Waals surface area contributed by atoms with Gasteiger partial charge in [0.2, 0.25) is 0 Å². The van der Waals surface area contributed by atoms with E-state index in [1.165, 1.54) is 0 Å². The number of nitrogens with zero attached hydrogens (tertiary/aromatic N) is 3. The van der Waals surface area contributed by atoms with Crippen LogP contribution in [-0.4, -0.2) is 67.7 Å². The van der Waals surface area contributed by atoms with Crippen LogP contribution < -0.4 is 0 Å². The number of aliphatic carboxylic acids is 3. The van der Waals surface area contributed by atoms with Crippen molar-refractivity contribution in [2.45, 2.75) is 0 Å². The van der Waals surface area contributed by atoms with Crippen LogP contribution >= 0.6 is 0 Å². The summed E-state index contributed by atoms with van der Waals surface area (Å²) in [4.78, 5) is 39.9. The molecule has 0 amide bonds. The molecule has 3 aromatic rings. The lowest BCUT2D eigenvalue weighted by molar-refractivity contribution is -0.144. The minimum absolute atomic E-state index is 0.599. The smallest absolute Gasteiger partial charge is 0.317 e. The molecule has 1 aromatic carbocycles. The Balaban J connectivity index is 0.000000195. The fourth-order valence-corrected chi connectivity index (χ4v) is 2.42. The van der Waals surface area contributed by atoms with Gasteiger partial charge in [-0.1, -0.05) is 24.3 Å². The van der Waals surface area contributed by atoms with Crippen LogP contribution in [0.3, 0.4) is 0 Å². The van der Waals surface area contributed by atoms with E-state index >= 15 is 0 Å². The quantitative estimate of drug-likeness (QED) is 0.547. The van der Waals surface area contributed by atoms with Crippen LogP contribution in [0.4, 0.5) is 0 Å². The molecule has 2 aromatic heterocycles. The normalized spacial score (nSPS) is 10.4. The zero-order chi connectivity index (χ0) is 19.8. The van der Waals surface area contributed by atoms with Crippen molar-refractivity contribution in [2.24, 2.45) is 0 Å². The highest BCUT2D eigenvalue weighted by molar-refractivity contribution is 6.02. The molecule has 9 nitrogen and oxygen atoms in total. The van der Waals surface area contributed by atoms with Gasteiger partial charge in [0, 0.05) is 23.2 Å². The van der Waals surface area contributed by atoms with Crippen molar-refractivity contribution in [3.63, 3.8) is 0 Å². The van der Waals surface area contributed by atoms with Gasteiger partial charge >= 0.3 is 17.9 Å². The van der Waals surface area contributed by atoms with E-state index in [0.717, 1.165) is 26.7 Å². The largest absolute Gasteiger partial charge is 0.480 e. The van der Waals surface area contributed by atoms with Crippen LogP contribution in [0.2, 0.25) is 0 Å². The number of fused-ring (bicyclic) bond motifs is 3. The number of pyridine rings is 2. The van der Waals surface area contributed by atoms with Crippen molar-refractivity contribution in [1.29, 1.82) is 0 Å². The third-order valence-electron chi connectivity index (χ3n) is 3.42. The Kier molecular flexibility index (Phi) is 6.73. The fourth-order valence-electron chi connectivity index (χ4n) is 2.42. The van der Waals surface area contributed by atoms with Crippen molar-refractivity contribution in [3.8, 4) is 0 Å². The number of hydrogen-bond donors (Lipinski definition) is 3. The topological polar surface area (TPSA) is 141 Å². The van der Waals surface area contributed by atoms with Crippen molar-refractivity contribution in [1.82, 2.24) is 14.9 Å². The van der Waals surface area contributed by atoms with Gasteiger partial charge in [-0.3, -0.25) is 29.3 Å². The molecule has 2 heterocycles. The molecule has 3 rings (SSSR count). The molecule has 0 unspecified atom stereocenters. The molecule has 0 aliphatic rings. The van der Waals surface area contributed by atoms with Gasteiger partial charge < -0.3 is 15.3 Å². The Morgan fingerprint density at radius 1 is 0.704 bits per heavy atom. The molecule has 0 saturated carbocycles. The predicted molar refractivity (Wildman–Crippen MR) is 96.4 cm³/mol. The van der Waals surface area contributed by atoms with Gasteiger partial charge in [-0.05, 0) is 12.1 Å². The summed E-state index contributed by atoms with van der Waals surface area (Å²) in [5.74, 6) is -3.78. The summed E-state index contributed by atoms with van der Waals surface area (Å²) in [7, 11) is 0. The molecule has 0 atom stereocenters. The maximum atomic E-state index is 10.1. The van der Waals surface area contributed by atoms with E-state index in [1.807, 2.05) is 12.1 Å². The number of rotatable bonds is 6. The Bertz CT molecular complexity index is 883. The van der Waals surface area contributed by atoms with Crippen LogP contribution in [-0.2, 0) is 14.4 Å². The number of hydrogen-bond acceptors (Lipinski definition) is 6. The summed E-state index contributed by atoms with van der Waals surface area (Å²) < 4.78 is 0. The highest BCUT2D eigenvalue weighted by atomic mass is 16.4. The summed E-state index contributed by atoms with van der Waals surface area (Å²) in [5, 5.41) is 27.1. The van der Waals surface area contributed by atoms with Gasteiger partial charge in [0.1, 0.15) is 0 Å². The number of benzene rings is 1. The second-order valence-corrected chi connectivity index (χ2v) is 5.54. The van der Waals surface area contributed by atoms with Crippen LogP contribution in [0.5, 0.6) is 0 Å². The first-order valence-electron chi connectivity index (χ1n) is 7.83. The van der Waals surface area contributed by atoms with E-state index in [2.05, 4.69) is 34.2 Å². The van der Waals surface area contributed by atoms with Gasteiger partial charge in [-0.25, -0.2) is 0 Å². The lowest BCUT2D eigenvalue weighted by atomic mass is 10.1. The van der Waals surface area contributed by atoms with Crippen LogP contribution in [0.25, 0.3) is 21.8 Å². The Labute approximate surface area is 153 Å². The first-order valence-corrected chi connectivity index (χ1v) is 7.83. The lowest BCUT2D eigenvalue weighted by Gasteiger charge is -2.14. The molecule has 27 heavy (non-hydrogen) atoms. The SMILES string of the molecule is O=C(O)CN(CC(=O)O)CC(=O)O.c1cnc2c(c1)ccc1cccnc12. The first kappa shape index (κ1) is 19.7. The van der Waals surface area contributed by atoms with Gasteiger partial charge in [-0.2, -0.15) is 0 Å². The second-order valence-electron chi connectivity index (χ2n) is 5.54. The maximum Gasteiger partial charge on any atom is 0.317 e. The minimum Gasteiger partial charge on any atom is -0.480 e. The Hall–Kier alpha value is -3.59.